The number of nitrogens with zero attached hydrogens (tertiary/aromatic N) is 2. The second kappa shape index (κ2) is 4.01. The molecule has 1 aromatic heterocycles. The Hall–Kier alpha value is -1.64. The summed E-state index contributed by atoms with van der Waals surface area (Å²) < 4.78 is 2.13. The second-order valence-electron chi connectivity index (χ2n) is 8.42. The molecule has 22 heavy (non-hydrogen) atoms. The fourth-order valence-electron chi connectivity index (χ4n) is 6.48. The van der Waals surface area contributed by atoms with Crippen molar-refractivity contribution in [3.05, 3.63) is 40.8 Å². The SMILES string of the molecule is CC12CC3CC(C1)CC(n1c(=O)cnc4ccccc41)(C3)C2. The van der Waals surface area contributed by atoms with Gasteiger partial charge in [0.15, 0.2) is 0 Å². The molecule has 3 heteroatoms. The third kappa shape index (κ3) is 1.62. The van der Waals surface area contributed by atoms with E-state index in [2.05, 4.69) is 22.5 Å². The number of aromatic nitrogens is 2. The van der Waals surface area contributed by atoms with E-state index in [1.807, 2.05) is 18.2 Å². The van der Waals surface area contributed by atoms with E-state index in [1.54, 1.807) is 0 Å². The molecule has 0 saturated heterocycles. The van der Waals surface area contributed by atoms with Gasteiger partial charge in [-0.25, -0.2) is 4.98 Å². The summed E-state index contributed by atoms with van der Waals surface area (Å²) in [6.07, 6.45) is 9.19. The van der Waals surface area contributed by atoms with Gasteiger partial charge in [0.2, 0.25) is 0 Å². The Kier molecular flexibility index (Phi) is 2.34. The van der Waals surface area contributed by atoms with Crippen LogP contribution in [0.3, 0.4) is 0 Å². The van der Waals surface area contributed by atoms with Crippen molar-refractivity contribution < 1.29 is 0 Å². The Morgan fingerprint density at radius 2 is 1.86 bits per heavy atom. The zero-order valence-electron chi connectivity index (χ0n) is 13.1. The minimum Gasteiger partial charge on any atom is -0.299 e. The fraction of sp³-hybridized carbons (Fsp3) is 0.579. The van der Waals surface area contributed by atoms with Crippen LogP contribution in [0.2, 0.25) is 0 Å². The third-order valence-corrected chi connectivity index (χ3v) is 6.45. The quantitative estimate of drug-likeness (QED) is 0.803. The monoisotopic (exact) mass is 294 g/mol. The zero-order chi connectivity index (χ0) is 14.9. The Balaban J connectivity index is 1.78. The first-order valence-corrected chi connectivity index (χ1v) is 8.54. The predicted molar refractivity (Wildman–Crippen MR) is 86.8 cm³/mol. The van der Waals surface area contributed by atoms with E-state index in [1.165, 1.54) is 44.7 Å². The van der Waals surface area contributed by atoms with E-state index in [4.69, 9.17) is 0 Å². The molecule has 4 aliphatic rings. The van der Waals surface area contributed by atoms with E-state index >= 15 is 0 Å². The summed E-state index contributed by atoms with van der Waals surface area (Å²) in [6.45, 7) is 2.45. The first-order valence-electron chi connectivity index (χ1n) is 8.54. The van der Waals surface area contributed by atoms with Gasteiger partial charge in [-0.1, -0.05) is 19.1 Å². The maximum atomic E-state index is 12.8. The molecule has 4 aliphatic carbocycles. The van der Waals surface area contributed by atoms with Gasteiger partial charge in [0.05, 0.1) is 17.2 Å². The topological polar surface area (TPSA) is 34.9 Å². The molecule has 4 bridgehead atoms. The van der Waals surface area contributed by atoms with Crippen LogP contribution in [0, 0.1) is 17.3 Å². The molecule has 114 valence electrons. The van der Waals surface area contributed by atoms with Crippen LogP contribution < -0.4 is 5.56 Å². The lowest BCUT2D eigenvalue weighted by molar-refractivity contribution is -0.0918. The molecule has 0 spiro atoms. The predicted octanol–water partition coefficient (Wildman–Crippen LogP) is 3.71. The van der Waals surface area contributed by atoms with Crippen LogP contribution in [0.15, 0.2) is 35.3 Å². The second-order valence-corrected chi connectivity index (χ2v) is 8.42. The molecule has 0 radical (unpaired) electrons. The number of fused-ring (bicyclic) bond motifs is 1. The van der Waals surface area contributed by atoms with Gasteiger partial charge in [-0.2, -0.15) is 0 Å². The highest BCUT2D eigenvalue weighted by atomic mass is 16.1. The summed E-state index contributed by atoms with van der Waals surface area (Å²) in [6, 6.07) is 8.13. The van der Waals surface area contributed by atoms with Crippen LogP contribution in [0.4, 0.5) is 0 Å². The van der Waals surface area contributed by atoms with Crippen LogP contribution in [-0.4, -0.2) is 9.55 Å². The molecule has 6 rings (SSSR count). The molecule has 3 nitrogen and oxygen atoms in total. The molecular formula is C19H22N2O. The van der Waals surface area contributed by atoms with Crippen molar-refractivity contribution in [2.45, 2.75) is 51.0 Å². The summed E-state index contributed by atoms with van der Waals surface area (Å²) in [5.41, 5.74) is 2.54. The van der Waals surface area contributed by atoms with Crippen molar-refractivity contribution in [2.24, 2.45) is 17.3 Å². The van der Waals surface area contributed by atoms with Gasteiger partial charge in [0.1, 0.15) is 0 Å². The fourth-order valence-corrected chi connectivity index (χ4v) is 6.48. The molecule has 4 fully saturated rings. The van der Waals surface area contributed by atoms with Gasteiger partial charge >= 0.3 is 0 Å². The van der Waals surface area contributed by atoms with Crippen molar-refractivity contribution in [3.8, 4) is 0 Å². The van der Waals surface area contributed by atoms with Gasteiger partial charge in [0, 0.05) is 5.54 Å². The highest BCUT2D eigenvalue weighted by molar-refractivity contribution is 5.74. The lowest BCUT2D eigenvalue weighted by Gasteiger charge is -2.61. The van der Waals surface area contributed by atoms with Gasteiger partial charge in [0.25, 0.3) is 5.56 Å². The summed E-state index contributed by atoms with van der Waals surface area (Å²) in [5, 5.41) is 0. The number of benzene rings is 1. The molecular weight excluding hydrogens is 272 g/mol. The number of para-hydroxylation sites is 2. The summed E-state index contributed by atoms with van der Waals surface area (Å²) in [7, 11) is 0. The minimum atomic E-state index is 0.0401. The lowest BCUT2D eigenvalue weighted by Crippen LogP contribution is -2.57. The Bertz CT molecular complexity index is 808. The van der Waals surface area contributed by atoms with Gasteiger partial charge in [-0.3, -0.25) is 9.36 Å². The molecule has 2 atom stereocenters. The highest BCUT2D eigenvalue weighted by Crippen LogP contribution is 2.63. The molecule has 1 aromatic carbocycles. The smallest absolute Gasteiger partial charge is 0.270 e. The molecule has 2 unspecified atom stereocenters. The van der Waals surface area contributed by atoms with Crippen LogP contribution in [0.25, 0.3) is 11.0 Å². The van der Waals surface area contributed by atoms with Gasteiger partial charge in [-0.15, -0.1) is 0 Å². The van der Waals surface area contributed by atoms with E-state index < -0.39 is 0 Å². The van der Waals surface area contributed by atoms with Crippen LogP contribution >= 0.6 is 0 Å². The third-order valence-electron chi connectivity index (χ3n) is 6.45. The molecule has 0 N–H and O–H groups in total. The zero-order valence-corrected chi connectivity index (χ0v) is 13.1. The lowest BCUT2D eigenvalue weighted by atomic mass is 9.47. The number of hydrogen-bond donors (Lipinski definition) is 0. The molecule has 0 amide bonds. The van der Waals surface area contributed by atoms with Crippen molar-refractivity contribution >= 4 is 11.0 Å². The maximum Gasteiger partial charge on any atom is 0.270 e. The largest absolute Gasteiger partial charge is 0.299 e. The minimum absolute atomic E-state index is 0.0401. The summed E-state index contributed by atoms with van der Waals surface area (Å²) in [5.74, 6) is 1.62. The maximum absolute atomic E-state index is 12.8. The van der Waals surface area contributed by atoms with Gasteiger partial charge < -0.3 is 0 Å². The first kappa shape index (κ1) is 12.9. The Morgan fingerprint density at radius 1 is 1.14 bits per heavy atom. The van der Waals surface area contributed by atoms with E-state index in [0.717, 1.165) is 22.9 Å². The van der Waals surface area contributed by atoms with Crippen LogP contribution in [-0.2, 0) is 5.54 Å². The first-order chi connectivity index (χ1) is 10.6. The average molecular weight is 294 g/mol. The van der Waals surface area contributed by atoms with E-state index in [9.17, 15) is 4.79 Å². The molecule has 2 aromatic rings. The summed E-state index contributed by atoms with van der Waals surface area (Å²) in [4.78, 5) is 17.1. The van der Waals surface area contributed by atoms with Crippen molar-refractivity contribution in [1.82, 2.24) is 9.55 Å². The van der Waals surface area contributed by atoms with Crippen LogP contribution in [0.5, 0.6) is 0 Å². The van der Waals surface area contributed by atoms with Crippen molar-refractivity contribution in [1.29, 1.82) is 0 Å². The number of hydrogen-bond acceptors (Lipinski definition) is 2. The van der Waals surface area contributed by atoms with E-state index in [-0.39, 0.29) is 11.1 Å². The highest BCUT2D eigenvalue weighted by Gasteiger charge is 2.57. The average Bonchev–Trinajstić information content (AvgIpc) is 2.44. The summed E-state index contributed by atoms with van der Waals surface area (Å²) >= 11 is 0. The normalized spacial score (nSPS) is 39.5. The Labute approximate surface area is 130 Å². The molecule has 1 heterocycles. The van der Waals surface area contributed by atoms with E-state index in [0.29, 0.717) is 5.41 Å². The molecule has 4 saturated carbocycles. The van der Waals surface area contributed by atoms with Gasteiger partial charge in [-0.05, 0) is 67.9 Å². The number of rotatable bonds is 1. The molecule has 0 aliphatic heterocycles. The Morgan fingerprint density at radius 3 is 2.59 bits per heavy atom. The van der Waals surface area contributed by atoms with Crippen LogP contribution in [0.1, 0.15) is 45.4 Å². The van der Waals surface area contributed by atoms with Crippen molar-refractivity contribution in [3.63, 3.8) is 0 Å². The standard InChI is InChI=1S/C19H22N2O/c1-18-7-13-6-14(8-18)10-19(9-13,12-18)21-16-5-3-2-4-15(16)20-11-17(21)22/h2-5,11,13-14H,6-10,12H2,1H3. The van der Waals surface area contributed by atoms with Crippen molar-refractivity contribution in [2.75, 3.05) is 0 Å².